The summed E-state index contributed by atoms with van der Waals surface area (Å²) in [5.74, 6) is 1.09. The Bertz CT molecular complexity index is 401. The number of piperidine rings is 1. The molecule has 1 fully saturated rings. The zero-order valence-electron chi connectivity index (χ0n) is 10.9. The van der Waals surface area contributed by atoms with E-state index in [1.807, 2.05) is 24.3 Å². The molecule has 18 heavy (non-hydrogen) atoms. The molecule has 3 heteroatoms. The smallest absolute Gasteiger partial charge is 0.168 e. The minimum absolute atomic E-state index is 0.272. The van der Waals surface area contributed by atoms with Crippen molar-refractivity contribution in [3.63, 3.8) is 0 Å². The van der Waals surface area contributed by atoms with Crippen molar-refractivity contribution in [3.8, 4) is 0 Å². The number of hydrogen-bond donors (Lipinski definition) is 1. The number of carbonyl (C=O) groups excluding carboxylic acids is 1. The predicted octanol–water partition coefficient (Wildman–Crippen LogP) is 2.34. The van der Waals surface area contributed by atoms with Gasteiger partial charge in [-0.1, -0.05) is 35.0 Å². The van der Waals surface area contributed by atoms with E-state index in [9.17, 15) is 4.79 Å². The zero-order valence-corrected chi connectivity index (χ0v) is 12.5. The molecule has 0 bridgehead atoms. The van der Waals surface area contributed by atoms with Gasteiger partial charge in [-0.2, -0.15) is 0 Å². The van der Waals surface area contributed by atoms with Gasteiger partial charge in [-0.3, -0.25) is 4.79 Å². The maximum atomic E-state index is 12.1. The molecule has 0 aliphatic carbocycles. The average Bonchev–Trinajstić information content (AvgIpc) is 2.37. The first kappa shape index (κ1) is 13.8. The average molecular weight is 311 g/mol. The highest BCUT2D eigenvalue weighted by molar-refractivity contribution is 9.10. The molecule has 98 valence electrons. The standard InChI is InChI=1S/C15H20BrNO/c1-12-3-2-9-17(11-12)10-8-15(18)13-4-6-14(16)7-5-13/h4-7,12H,2-3,8-11H2,1H3/p+1/t12-/m1/s1. The first-order valence-electron chi connectivity index (χ1n) is 6.77. The Kier molecular flexibility index (Phi) is 4.95. The van der Waals surface area contributed by atoms with E-state index in [2.05, 4.69) is 22.9 Å². The first-order chi connectivity index (χ1) is 8.65. The Morgan fingerprint density at radius 1 is 1.39 bits per heavy atom. The minimum atomic E-state index is 0.272. The summed E-state index contributed by atoms with van der Waals surface area (Å²) >= 11 is 3.39. The van der Waals surface area contributed by atoms with Crippen LogP contribution in [-0.2, 0) is 0 Å². The molecule has 1 unspecified atom stereocenters. The highest BCUT2D eigenvalue weighted by atomic mass is 79.9. The number of likely N-dealkylation sites (tertiary alicyclic amines) is 1. The Morgan fingerprint density at radius 2 is 2.11 bits per heavy atom. The Morgan fingerprint density at radius 3 is 2.78 bits per heavy atom. The van der Waals surface area contributed by atoms with Crippen LogP contribution in [0.25, 0.3) is 0 Å². The van der Waals surface area contributed by atoms with Crippen molar-refractivity contribution in [2.75, 3.05) is 19.6 Å². The monoisotopic (exact) mass is 310 g/mol. The molecular weight excluding hydrogens is 290 g/mol. The lowest BCUT2D eigenvalue weighted by molar-refractivity contribution is -0.907. The minimum Gasteiger partial charge on any atom is -0.334 e. The van der Waals surface area contributed by atoms with Crippen molar-refractivity contribution >= 4 is 21.7 Å². The third-order valence-corrected chi connectivity index (χ3v) is 4.26. The van der Waals surface area contributed by atoms with Crippen LogP contribution in [0.5, 0.6) is 0 Å². The number of carbonyl (C=O) groups is 1. The molecule has 1 aromatic carbocycles. The highest BCUT2D eigenvalue weighted by Crippen LogP contribution is 2.11. The topological polar surface area (TPSA) is 21.5 Å². The number of hydrogen-bond acceptors (Lipinski definition) is 1. The number of ketones is 1. The molecule has 0 amide bonds. The van der Waals surface area contributed by atoms with Gasteiger partial charge in [-0.15, -0.1) is 0 Å². The molecule has 1 saturated heterocycles. The highest BCUT2D eigenvalue weighted by Gasteiger charge is 2.20. The molecule has 1 aliphatic rings. The summed E-state index contributed by atoms with van der Waals surface area (Å²) < 4.78 is 1.02. The van der Waals surface area contributed by atoms with E-state index < -0.39 is 0 Å². The molecule has 1 heterocycles. The van der Waals surface area contributed by atoms with E-state index in [-0.39, 0.29) is 5.78 Å². The molecule has 2 atom stereocenters. The second-order valence-corrected chi connectivity index (χ2v) is 6.30. The third kappa shape index (κ3) is 3.92. The van der Waals surface area contributed by atoms with E-state index in [0.717, 1.165) is 22.5 Å². The van der Waals surface area contributed by atoms with Crippen molar-refractivity contribution in [2.45, 2.75) is 26.2 Å². The molecule has 0 radical (unpaired) electrons. The predicted molar refractivity (Wildman–Crippen MR) is 77.1 cm³/mol. The van der Waals surface area contributed by atoms with Crippen molar-refractivity contribution in [1.82, 2.24) is 0 Å². The van der Waals surface area contributed by atoms with E-state index in [4.69, 9.17) is 0 Å². The maximum Gasteiger partial charge on any atom is 0.168 e. The molecular formula is C15H21BrNO+. The van der Waals surface area contributed by atoms with Crippen LogP contribution in [-0.4, -0.2) is 25.4 Å². The van der Waals surface area contributed by atoms with Crippen LogP contribution in [0.1, 0.15) is 36.5 Å². The number of benzene rings is 1. The van der Waals surface area contributed by atoms with Crippen molar-refractivity contribution < 1.29 is 9.69 Å². The maximum absolute atomic E-state index is 12.1. The van der Waals surface area contributed by atoms with Crippen LogP contribution >= 0.6 is 15.9 Å². The Hall–Kier alpha value is -0.670. The Balaban J connectivity index is 1.82. The van der Waals surface area contributed by atoms with Gasteiger partial charge in [0, 0.05) is 16.0 Å². The van der Waals surface area contributed by atoms with Gasteiger partial charge < -0.3 is 4.90 Å². The van der Waals surface area contributed by atoms with Gasteiger partial charge in [-0.05, 0) is 25.0 Å². The second-order valence-electron chi connectivity index (χ2n) is 5.38. The lowest BCUT2D eigenvalue weighted by Crippen LogP contribution is -3.13. The third-order valence-electron chi connectivity index (χ3n) is 3.74. The number of rotatable bonds is 4. The van der Waals surface area contributed by atoms with Crippen molar-refractivity contribution in [2.24, 2.45) is 5.92 Å². The van der Waals surface area contributed by atoms with Gasteiger partial charge in [0.05, 0.1) is 26.1 Å². The van der Waals surface area contributed by atoms with Crippen LogP contribution in [0.4, 0.5) is 0 Å². The van der Waals surface area contributed by atoms with Crippen LogP contribution in [0, 0.1) is 5.92 Å². The summed E-state index contributed by atoms with van der Waals surface area (Å²) in [6, 6.07) is 7.67. The number of halogens is 1. The second kappa shape index (κ2) is 6.48. The van der Waals surface area contributed by atoms with Gasteiger partial charge in [0.2, 0.25) is 0 Å². The lowest BCUT2D eigenvalue weighted by atomic mass is 9.99. The summed E-state index contributed by atoms with van der Waals surface area (Å²) in [7, 11) is 0. The first-order valence-corrected chi connectivity index (χ1v) is 7.57. The SMILES string of the molecule is C[C@@H]1CCC[NH+](CCC(=O)c2ccc(Br)cc2)C1. The van der Waals surface area contributed by atoms with Crippen LogP contribution in [0.3, 0.4) is 0 Å². The van der Waals surface area contributed by atoms with Crippen molar-refractivity contribution in [1.29, 1.82) is 0 Å². The summed E-state index contributed by atoms with van der Waals surface area (Å²) in [5.41, 5.74) is 0.836. The fourth-order valence-corrected chi connectivity index (χ4v) is 2.96. The molecule has 1 aromatic rings. The summed E-state index contributed by atoms with van der Waals surface area (Å²) in [5, 5.41) is 0. The van der Waals surface area contributed by atoms with Gasteiger partial charge in [0.1, 0.15) is 0 Å². The van der Waals surface area contributed by atoms with Crippen LogP contribution in [0.15, 0.2) is 28.7 Å². The van der Waals surface area contributed by atoms with Crippen LogP contribution in [0.2, 0.25) is 0 Å². The lowest BCUT2D eigenvalue weighted by Gasteiger charge is -2.27. The molecule has 1 N–H and O–H groups in total. The molecule has 0 saturated carbocycles. The normalized spacial score (nSPS) is 23.9. The fourth-order valence-electron chi connectivity index (χ4n) is 2.69. The van der Waals surface area contributed by atoms with E-state index in [1.54, 1.807) is 4.90 Å². The number of quaternary nitrogens is 1. The summed E-state index contributed by atoms with van der Waals surface area (Å²) in [6.45, 7) is 5.76. The fraction of sp³-hybridized carbons (Fsp3) is 0.533. The van der Waals surface area contributed by atoms with Gasteiger partial charge in [0.25, 0.3) is 0 Å². The summed E-state index contributed by atoms with van der Waals surface area (Å²) in [4.78, 5) is 13.6. The number of Topliss-reactive ketones (excluding diaryl/α,β-unsaturated/α-hetero) is 1. The summed E-state index contributed by atoms with van der Waals surface area (Å²) in [6.07, 6.45) is 3.33. The molecule has 0 spiro atoms. The van der Waals surface area contributed by atoms with E-state index >= 15 is 0 Å². The molecule has 2 rings (SSSR count). The van der Waals surface area contributed by atoms with Crippen molar-refractivity contribution in [3.05, 3.63) is 34.3 Å². The molecule has 0 aromatic heterocycles. The van der Waals surface area contributed by atoms with Crippen LogP contribution < -0.4 is 4.90 Å². The van der Waals surface area contributed by atoms with E-state index in [0.29, 0.717) is 6.42 Å². The van der Waals surface area contributed by atoms with Gasteiger partial charge in [0.15, 0.2) is 5.78 Å². The quantitative estimate of drug-likeness (QED) is 0.847. The largest absolute Gasteiger partial charge is 0.334 e. The molecule has 2 nitrogen and oxygen atoms in total. The molecule has 1 aliphatic heterocycles. The zero-order chi connectivity index (χ0) is 13.0. The van der Waals surface area contributed by atoms with E-state index in [1.165, 1.54) is 25.9 Å². The Labute approximate surface area is 117 Å². The number of nitrogens with one attached hydrogen (secondary N) is 1. The van der Waals surface area contributed by atoms with Gasteiger partial charge >= 0.3 is 0 Å². The van der Waals surface area contributed by atoms with Gasteiger partial charge in [-0.25, -0.2) is 0 Å².